The quantitative estimate of drug-likeness (QED) is 0.697. The summed E-state index contributed by atoms with van der Waals surface area (Å²) in [5.41, 5.74) is 2.48. The van der Waals surface area contributed by atoms with Crippen LogP contribution in [0.15, 0.2) is 18.2 Å². The van der Waals surface area contributed by atoms with Gasteiger partial charge in [-0.2, -0.15) is 0 Å². The molecule has 0 saturated carbocycles. The van der Waals surface area contributed by atoms with Gasteiger partial charge in [-0.15, -0.1) is 0 Å². The number of benzene rings is 1. The Morgan fingerprint density at radius 2 is 1.82 bits per heavy atom. The zero-order valence-electron chi connectivity index (χ0n) is 10.9. The molecule has 2 nitrogen and oxygen atoms in total. The van der Waals surface area contributed by atoms with Crippen LogP contribution in [0.1, 0.15) is 30.9 Å². The maximum atomic E-state index is 6.01. The summed E-state index contributed by atoms with van der Waals surface area (Å²) in [5, 5.41) is 7.65. The highest BCUT2D eigenvalue weighted by molar-refractivity contribution is 6.30. The average Bonchev–Trinajstić information content (AvgIpc) is 2.26. The monoisotopic (exact) mass is 254 g/mol. The third kappa shape index (κ3) is 6.67. The van der Waals surface area contributed by atoms with Crippen LogP contribution < -0.4 is 10.6 Å². The van der Waals surface area contributed by atoms with E-state index in [9.17, 15) is 0 Å². The predicted octanol–water partition coefficient (Wildman–Crippen LogP) is 3.13. The van der Waals surface area contributed by atoms with Crippen molar-refractivity contribution in [2.24, 2.45) is 0 Å². The molecular formula is C14H23ClN2. The van der Waals surface area contributed by atoms with Crippen molar-refractivity contribution in [2.45, 2.75) is 33.2 Å². The summed E-state index contributed by atoms with van der Waals surface area (Å²) in [7, 11) is 0. The highest BCUT2D eigenvalue weighted by Gasteiger charge is 1.96. The molecule has 0 radical (unpaired) electrons. The Balaban J connectivity index is 2.13. The van der Waals surface area contributed by atoms with Crippen molar-refractivity contribution in [1.82, 2.24) is 10.6 Å². The second kappa shape index (κ2) is 8.51. The molecule has 0 heterocycles. The number of halogens is 1. The van der Waals surface area contributed by atoms with E-state index in [0.717, 1.165) is 31.2 Å². The van der Waals surface area contributed by atoms with Gasteiger partial charge >= 0.3 is 0 Å². The molecule has 0 amide bonds. The van der Waals surface area contributed by atoms with Gasteiger partial charge < -0.3 is 10.6 Å². The number of hydrogen-bond acceptors (Lipinski definition) is 2. The van der Waals surface area contributed by atoms with Crippen LogP contribution in [0.3, 0.4) is 0 Å². The topological polar surface area (TPSA) is 24.1 Å². The molecule has 1 rings (SSSR count). The van der Waals surface area contributed by atoms with E-state index in [1.165, 1.54) is 24.0 Å². The summed E-state index contributed by atoms with van der Waals surface area (Å²) in [6.07, 6.45) is 2.37. The van der Waals surface area contributed by atoms with Crippen molar-refractivity contribution >= 4 is 11.6 Å². The Morgan fingerprint density at radius 3 is 2.53 bits per heavy atom. The first kappa shape index (κ1) is 14.5. The lowest BCUT2D eigenvalue weighted by atomic mass is 10.1. The lowest BCUT2D eigenvalue weighted by Crippen LogP contribution is -2.22. The van der Waals surface area contributed by atoms with Gasteiger partial charge in [0, 0.05) is 11.6 Å². The van der Waals surface area contributed by atoms with Crippen LogP contribution in [-0.2, 0) is 6.54 Å². The van der Waals surface area contributed by atoms with Gasteiger partial charge in [0.1, 0.15) is 0 Å². The normalized spacial score (nSPS) is 10.8. The molecule has 3 heteroatoms. The highest BCUT2D eigenvalue weighted by atomic mass is 35.5. The second-order valence-electron chi connectivity index (χ2n) is 4.42. The first-order chi connectivity index (χ1) is 8.22. The minimum Gasteiger partial charge on any atom is -0.317 e. The van der Waals surface area contributed by atoms with Gasteiger partial charge in [-0.1, -0.05) is 24.6 Å². The highest BCUT2D eigenvalue weighted by Crippen LogP contribution is 2.14. The standard InChI is InChI=1S/C14H23ClN2/c1-3-5-16-6-4-7-17-11-13-8-12(2)9-14(15)10-13/h8-10,16-17H,3-7,11H2,1-2H3. The molecule has 0 bridgehead atoms. The average molecular weight is 255 g/mol. The van der Waals surface area contributed by atoms with Crippen molar-refractivity contribution in [3.8, 4) is 0 Å². The summed E-state index contributed by atoms with van der Waals surface area (Å²) in [5.74, 6) is 0. The summed E-state index contributed by atoms with van der Waals surface area (Å²) < 4.78 is 0. The van der Waals surface area contributed by atoms with Gasteiger partial charge in [0.25, 0.3) is 0 Å². The fraction of sp³-hybridized carbons (Fsp3) is 0.571. The van der Waals surface area contributed by atoms with Crippen LogP contribution in [0.4, 0.5) is 0 Å². The third-order valence-electron chi connectivity index (χ3n) is 2.56. The fourth-order valence-corrected chi connectivity index (χ4v) is 2.10. The minimum atomic E-state index is 0.825. The van der Waals surface area contributed by atoms with Crippen molar-refractivity contribution < 1.29 is 0 Å². The lowest BCUT2D eigenvalue weighted by molar-refractivity contribution is 0.592. The molecule has 1 aromatic carbocycles. The van der Waals surface area contributed by atoms with Crippen molar-refractivity contribution in [3.63, 3.8) is 0 Å². The van der Waals surface area contributed by atoms with Gasteiger partial charge in [-0.3, -0.25) is 0 Å². The van der Waals surface area contributed by atoms with E-state index in [4.69, 9.17) is 11.6 Å². The zero-order chi connectivity index (χ0) is 12.5. The molecule has 0 aliphatic carbocycles. The smallest absolute Gasteiger partial charge is 0.0411 e. The molecule has 0 aliphatic heterocycles. The fourth-order valence-electron chi connectivity index (χ4n) is 1.79. The first-order valence-electron chi connectivity index (χ1n) is 6.40. The largest absolute Gasteiger partial charge is 0.317 e. The van der Waals surface area contributed by atoms with Crippen LogP contribution in [0, 0.1) is 6.92 Å². The Kier molecular flexibility index (Phi) is 7.25. The van der Waals surface area contributed by atoms with Gasteiger partial charge in [0.2, 0.25) is 0 Å². The first-order valence-corrected chi connectivity index (χ1v) is 6.77. The predicted molar refractivity (Wildman–Crippen MR) is 75.7 cm³/mol. The molecule has 0 spiro atoms. The second-order valence-corrected chi connectivity index (χ2v) is 4.85. The van der Waals surface area contributed by atoms with Crippen LogP contribution >= 0.6 is 11.6 Å². The van der Waals surface area contributed by atoms with E-state index in [1.807, 2.05) is 12.1 Å². The Morgan fingerprint density at radius 1 is 1.06 bits per heavy atom. The van der Waals surface area contributed by atoms with Crippen LogP contribution in [0.25, 0.3) is 0 Å². The molecule has 1 aromatic rings. The summed E-state index contributed by atoms with van der Waals surface area (Å²) in [6, 6.07) is 6.19. The Labute approximate surface area is 110 Å². The Hall–Kier alpha value is -0.570. The van der Waals surface area contributed by atoms with E-state index in [-0.39, 0.29) is 0 Å². The van der Waals surface area contributed by atoms with Crippen molar-refractivity contribution in [1.29, 1.82) is 0 Å². The van der Waals surface area contributed by atoms with Crippen LogP contribution in [0.2, 0.25) is 5.02 Å². The molecule has 0 aromatic heterocycles. The third-order valence-corrected chi connectivity index (χ3v) is 2.78. The minimum absolute atomic E-state index is 0.825. The molecule has 0 atom stereocenters. The molecule has 17 heavy (non-hydrogen) atoms. The van der Waals surface area contributed by atoms with E-state index >= 15 is 0 Å². The van der Waals surface area contributed by atoms with Gasteiger partial charge in [-0.25, -0.2) is 0 Å². The lowest BCUT2D eigenvalue weighted by Gasteiger charge is -2.07. The van der Waals surface area contributed by atoms with E-state index in [0.29, 0.717) is 0 Å². The molecule has 0 aliphatic rings. The molecule has 0 saturated heterocycles. The number of aryl methyl sites for hydroxylation is 1. The van der Waals surface area contributed by atoms with Gasteiger partial charge in [0.05, 0.1) is 0 Å². The zero-order valence-corrected chi connectivity index (χ0v) is 11.6. The van der Waals surface area contributed by atoms with Crippen LogP contribution in [-0.4, -0.2) is 19.6 Å². The van der Waals surface area contributed by atoms with Crippen molar-refractivity contribution in [3.05, 3.63) is 34.3 Å². The molecule has 0 fully saturated rings. The summed E-state index contributed by atoms with van der Waals surface area (Å²) in [4.78, 5) is 0. The number of rotatable bonds is 8. The van der Waals surface area contributed by atoms with Crippen molar-refractivity contribution in [2.75, 3.05) is 19.6 Å². The van der Waals surface area contributed by atoms with E-state index in [1.54, 1.807) is 0 Å². The molecular weight excluding hydrogens is 232 g/mol. The summed E-state index contributed by atoms with van der Waals surface area (Å²) in [6.45, 7) is 8.41. The maximum Gasteiger partial charge on any atom is 0.0411 e. The van der Waals surface area contributed by atoms with Gasteiger partial charge in [0.15, 0.2) is 0 Å². The van der Waals surface area contributed by atoms with Crippen LogP contribution in [0.5, 0.6) is 0 Å². The number of nitrogens with one attached hydrogen (secondary N) is 2. The van der Waals surface area contributed by atoms with E-state index < -0.39 is 0 Å². The SMILES string of the molecule is CCCNCCCNCc1cc(C)cc(Cl)c1. The maximum absolute atomic E-state index is 6.01. The molecule has 2 N–H and O–H groups in total. The van der Waals surface area contributed by atoms with Gasteiger partial charge in [-0.05, 0) is 62.7 Å². The Bertz CT molecular complexity index is 306. The van der Waals surface area contributed by atoms with E-state index in [2.05, 4.69) is 30.5 Å². The summed E-state index contributed by atoms with van der Waals surface area (Å²) >= 11 is 6.01. The molecule has 0 unspecified atom stereocenters. The molecule has 96 valence electrons. The number of hydrogen-bond donors (Lipinski definition) is 2.